The van der Waals surface area contributed by atoms with Gasteiger partial charge in [0.1, 0.15) is 22.3 Å². The molecule has 0 fully saturated rings. The van der Waals surface area contributed by atoms with Gasteiger partial charge in [0, 0.05) is 44.0 Å². The lowest BCUT2D eigenvalue weighted by atomic mass is 9.91. The molecule has 0 amide bonds. The molecule has 0 saturated heterocycles. The van der Waals surface area contributed by atoms with Gasteiger partial charge >= 0.3 is 0 Å². The number of para-hydroxylation sites is 4. The molecule has 0 radical (unpaired) electrons. The van der Waals surface area contributed by atoms with Crippen LogP contribution in [0.5, 0.6) is 0 Å². The predicted octanol–water partition coefficient (Wildman–Crippen LogP) is 16.8. The number of nitrogens with zero attached hydrogens (tertiary/aromatic N) is 1. The van der Waals surface area contributed by atoms with Crippen molar-refractivity contribution in [3.8, 4) is 44.5 Å². The molecule has 0 aliphatic rings. The van der Waals surface area contributed by atoms with Crippen LogP contribution in [0.25, 0.3) is 99.2 Å². The Morgan fingerprint density at radius 3 is 1.54 bits per heavy atom. The van der Waals surface area contributed by atoms with Gasteiger partial charge in [-0.25, -0.2) is 0 Å². The van der Waals surface area contributed by atoms with Gasteiger partial charge in [-0.15, -0.1) is 0 Å². The van der Waals surface area contributed by atoms with Crippen molar-refractivity contribution >= 4 is 71.7 Å². The fourth-order valence-electron chi connectivity index (χ4n) is 9.22. The lowest BCUT2D eigenvalue weighted by molar-refractivity contribution is 0.669. The van der Waals surface area contributed by atoms with Gasteiger partial charge in [0.05, 0.1) is 5.69 Å². The average Bonchev–Trinajstić information content (AvgIpc) is 3.90. The lowest BCUT2D eigenvalue weighted by Crippen LogP contribution is -2.11. The minimum atomic E-state index is 0.874. The van der Waals surface area contributed by atoms with E-state index in [0.29, 0.717) is 0 Å². The van der Waals surface area contributed by atoms with Gasteiger partial charge in [0.25, 0.3) is 0 Å². The highest BCUT2D eigenvalue weighted by Crippen LogP contribution is 2.45. The Hall–Kier alpha value is -8.14. The first kappa shape index (κ1) is 34.9. The molecule has 0 bridgehead atoms. The summed E-state index contributed by atoms with van der Waals surface area (Å²) in [6, 6.07) is 79.9. The Kier molecular flexibility index (Phi) is 8.17. The molecule has 10 aromatic carbocycles. The van der Waals surface area contributed by atoms with Crippen molar-refractivity contribution in [3.05, 3.63) is 224 Å². The van der Waals surface area contributed by atoms with E-state index in [9.17, 15) is 0 Å². The Morgan fingerprint density at radius 1 is 0.279 bits per heavy atom. The second-order valence-corrected chi connectivity index (χ2v) is 15.6. The summed E-state index contributed by atoms with van der Waals surface area (Å²) in [5, 5.41) is 6.97. The molecule has 3 nitrogen and oxygen atoms in total. The minimum absolute atomic E-state index is 0.874. The summed E-state index contributed by atoms with van der Waals surface area (Å²) >= 11 is 0. The zero-order chi connectivity index (χ0) is 40.3. The van der Waals surface area contributed by atoms with Crippen LogP contribution in [-0.2, 0) is 0 Å². The summed E-state index contributed by atoms with van der Waals surface area (Å²) in [5.41, 5.74) is 15.9. The normalized spacial score (nSPS) is 11.6. The third-order valence-corrected chi connectivity index (χ3v) is 12.1. The molecule has 0 spiro atoms. The van der Waals surface area contributed by atoms with Crippen LogP contribution >= 0.6 is 0 Å². The van der Waals surface area contributed by atoms with Gasteiger partial charge < -0.3 is 13.7 Å². The number of anilines is 3. The van der Waals surface area contributed by atoms with Crippen LogP contribution in [0.1, 0.15) is 0 Å². The average molecular weight is 780 g/mol. The van der Waals surface area contributed by atoms with Crippen LogP contribution in [0.2, 0.25) is 0 Å². The fourth-order valence-corrected chi connectivity index (χ4v) is 9.22. The lowest BCUT2D eigenvalue weighted by Gasteiger charge is -2.28. The van der Waals surface area contributed by atoms with Crippen LogP contribution in [-0.4, -0.2) is 0 Å². The third-order valence-electron chi connectivity index (χ3n) is 12.1. The van der Waals surface area contributed by atoms with Crippen LogP contribution in [0.4, 0.5) is 17.1 Å². The number of fused-ring (bicyclic) bond motifs is 7. The molecule has 286 valence electrons. The molecule has 2 aromatic heterocycles. The van der Waals surface area contributed by atoms with Crippen LogP contribution in [0.15, 0.2) is 233 Å². The highest BCUT2D eigenvalue weighted by atomic mass is 16.3. The number of benzene rings is 10. The predicted molar refractivity (Wildman–Crippen MR) is 255 cm³/mol. The van der Waals surface area contributed by atoms with Crippen molar-refractivity contribution < 1.29 is 8.83 Å². The molecule has 0 aliphatic carbocycles. The Balaban J connectivity index is 0.992. The smallest absolute Gasteiger partial charge is 0.143 e. The van der Waals surface area contributed by atoms with Crippen LogP contribution in [0, 0.1) is 0 Å². The van der Waals surface area contributed by atoms with Crippen molar-refractivity contribution in [2.75, 3.05) is 4.90 Å². The summed E-state index contributed by atoms with van der Waals surface area (Å²) in [6.45, 7) is 0. The zero-order valence-corrected chi connectivity index (χ0v) is 33.1. The number of rotatable bonds is 7. The van der Waals surface area contributed by atoms with Crippen molar-refractivity contribution in [1.82, 2.24) is 0 Å². The van der Waals surface area contributed by atoms with Crippen molar-refractivity contribution in [3.63, 3.8) is 0 Å². The van der Waals surface area contributed by atoms with Gasteiger partial charge in [-0.05, 0) is 98.8 Å². The largest absolute Gasteiger partial charge is 0.456 e. The van der Waals surface area contributed by atoms with E-state index >= 15 is 0 Å². The van der Waals surface area contributed by atoms with Crippen molar-refractivity contribution in [2.45, 2.75) is 0 Å². The van der Waals surface area contributed by atoms with Gasteiger partial charge in [-0.3, -0.25) is 0 Å². The zero-order valence-electron chi connectivity index (χ0n) is 33.1. The Morgan fingerprint density at radius 2 is 0.770 bits per heavy atom. The third kappa shape index (κ3) is 5.90. The molecule has 0 N–H and O–H groups in total. The van der Waals surface area contributed by atoms with Crippen LogP contribution in [0.3, 0.4) is 0 Å². The van der Waals surface area contributed by atoms with E-state index in [4.69, 9.17) is 8.83 Å². The summed E-state index contributed by atoms with van der Waals surface area (Å²) in [6.07, 6.45) is 0. The SMILES string of the molecule is c1ccc(-c2cccc3ccccc23)c(-c2ccc(N(c3ccc(-c4cccc5c4oc4ccccc45)cc3)c3ccccc3-c3ccc4c(c3)oc3ccccc34)cc2)c1. The van der Waals surface area contributed by atoms with Gasteiger partial charge in [0.2, 0.25) is 0 Å². The quantitative estimate of drug-likeness (QED) is 0.161. The van der Waals surface area contributed by atoms with Gasteiger partial charge in [0.15, 0.2) is 0 Å². The molecule has 12 aromatic rings. The molecule has 0 aliphatic heterocycles. The van der Waals surface area contributed by atoms with Crippen LogP contribution < -0.4 is 4.90 Å². The van der Waals surface area contributed by atoms with Gasteiger partial charge in [-0.1, -0.05) is 170 Å². The minimum Gasteiger partial charge on any atom is -0.456 e. The molecule has 0 unspecified atom stereocenters. The Bertz CT molecular complexity index is 3590. The molecule has 12 rings (SSSR count). The fraction of sp³-hybridized carbons (Fsp3) is 0. The monoisotopic (exact) mass is 779 g/mol. The van der Waals surface area contributed by atoms with Crippen molar-refractivity contribution in [2.24, 2.45) is 0 Å². The first-order valence-corrected chi connectivity index (χ1v) is 20.7. The highest BCUT2D eigenvalue weighted by Gasteiger charge is 2.20. The molecule has 0 atom stereocenters. The van der Waals surface area contributed by atoms with E-state index < -0.39 is 0 Å². The molecule has 61 heavy (non-hydrogen) atoms. The Labute approximate surface area is 353 Å². The molecular formula is C58H37NO2. The van der Waals surface area contributed by atoms with E-state index in [1.807, 2.05) is 24.3 Å². The number of hydrogen-bond donors (Lipinski definition) is 0. The van der Waals surface area contributed by atoms with E-state index in [0.717, 1.165) is 88.8 Å². The second-order valence-electron chi connectivity index (χ2n) is 15.6. The highest BCUT2D eigenvalue weighted by molar-refractivity contribution is 6.10. The topological polar surface area (TPSA) is 29.5 Å². The maximum Gasteiger partial charge on any atom is 0.143 e. The standard InChI is InChI=1S/C58H37NO2/c1-2-15-44-38(13-1)14-11-22-49(44)48-18-4-3-16-45(48)39-27-32-42(33-28-39)59(43-34-29-40(30-35-43)47-21-12-23-53-51-20-7-10-26-56(51)61-58(47)53)54-24-8-5-17-46(54)41-31-36-52-50-19-6-9-25-55(50)60-57(52)37-41/h1-37H. The summed E-state index contributed by atoms with van der Waals surface area (Å²) in [5.74, 6) is 0. The summed E-state index contributed by atoms with van der Waals surface area (Å²) in [4.78, 5) is 2.37. The first-order valence-electron chi connectivity index (χ1n) is 20.7. The molecule has 2 heterocycles. The van der Waals surface area contributed by atoms with E-state index in [1.54, 1.807) is 0 Å². The maximum absolute atomic E-state index is 6.46. The number of hydrogen-bond acceptors (Lipinski definition) is 3. The summed E-state index contributed by atoms with van der Waals surface area (Å²) in [7, 11) is 0. The van der Waals surface area contributed by atoms with E-state index in [-0.39, 0.29) is 0 Å². The first-order chi connectivity index (χ1) is 30.2. The molecule has 3 heteroatoms. The molecular weight excluding hydrogens is 743 g/mol. The number of furan rings is 2. The van der Waals surface area contributed by atoms with Crippen molar-refractivity contribution in [1.29, 1.82) is 0 Å². The van der Waals surface area contributed by atoms with E-state index in [2.05, 4.69) is 205 Å². The van der Waals surface area contributed by atoms with E-state index in [1.165, 1.54) is 27.5 Å². The summed E-state index contributed by atoms with van der Waals surface area (Å²) < 4.78 is 12.8. The molecule has 0 saturated carbocycles. The van der Waals surface area contributed by atoms with Gasteiger partial charge in [-0.2, -0.15) is 0 Å². The maximum atomic E-state index is 6.46. The second kappa shape index (κ2) is 14.3.